The van der Waals surface area contributed by atoms with Gasteiger partial charge >= 0.3 is 11.9 Å². The van der Waals surface area contributed by atoms with Crippen molar-refractivity contribution in [2.24, 2.45) is 10.8 Å². The van der Waals surface area contributed by atoms with Gasteiger partial charge in [0, 0.05) is 0 Å². The maximum absolute atomic E-state index is 12.1. The van der Waals surface area contributed by atoms with Crippen molar-refractivity contribution in [3.8, 4) is 0 Å². The van der Waals surface area contributed by atoms with Gasteiger partial charge in [0.2, 0.25) is 0 Å². The molecule has 0 saturated carbocycles. The Morgan fingerprint density at radius 2 is 1.89 bits per heavy atom. The lowest BCUT2D eigenvalue weighted by molar-refractivity contribution is -0.182. The maximum Gasteiger partial charge on any atom is 0.314 e. The fraction of sp³-hybridized carbons (Fsp3) is 0.846. The third-order valence-corrected chi connectivity index (χ3v) is 3.59. The van der Waals surface area contributed by atoms with Gasteiger partial charge in [-0.1, -0.05) is 6.92 Å². The molecule has 0 N–H and O–H groups in total. The van der Waals surface area contributed by atoms with Crippen LogP contribution in [0.4, 0.5) is 0 Å². The largest absolute Gasteiger partial charge is 0.469 e. The number of hydrogen-bond acceptors (Lipinski definition) is 5. The molecule has 1 saturated heterocycles. The fourth-order valence-corrected chi connectivity index (χ4v) is 2.48. The van der Waals surface area contributed by atoms with E-state index in [1.165, 1.54) is 7.11 Å². The standard InChI is InChI=1S/C13H22O5/c1-5-13(11(15)18-6-2)7-12(3,8-17-9-13)10(14)16-4/h5-9H2,1-4H3. The van der Waals surface area contributed by atoms with Crippen LogP contribution in [-0.2, 0) is 23.8 Å². The molecule has 18 heavy (non-hydrogen) atoms. The minimum atomic E-state index is -0.782. The Balaban J connectivity index is 2.94. The first-order chi connectivity index (χ1) is 8.44. The van der Waals surface area contributed by atoms with E-state index in [-0.39, 0.29) is 18.5 Å². The summed E-state index contributed by atoms with van der Waals surface area (Å²) in [4.78, 5) is 23.9. The highest BCUT2D eigenvalue weighted by molar-refractivity contribution is 5.81. The molecular weight excluding hydrogens is 236 g/mol. The molecule has 0 aromatic rings. The Kier molecular flexibility index (Phi) is 4.73. The molecule has 0 radical (unpaired) electrons. The second-order valence-electron chi connectivity index (χ2n) is 5.08. The minimum absolute atomic E-state index is 0.279. The smallest absolute Gasteiger partial charge is 0.314 e. The van der Waals surface area contributed by atoms with Gasteiger partial charge < -0.3 is 14.2 Å². The molecule has 0 aliphatic carbocycles. The second kappa shape index (κ2) is 5.69. The first-order valence-corrected chi connectivity index (χ1v) is 6.27. The lowest BCUT2D eigenvalue weighted by Gasteiger charge is -2.42. The van der Waals surface area contributed by atoms with E-state index < -0.39 is 10.8 Å². The molecule has 5 nitrogen and oxygen atoms in total. The maximum atomic E-state index is 12.1. The molecule has 0 aromatic carbocycles. The zero-order chi connectivity index (χ0) is 13.8. The predicted molar refractivity (Wildman–Crippen MR) is 64.9 cm³/mol. The average molecular weight is 258 g/mol. The van der Waals surface area contributed by atoms with E-state index in [4.69, 9.17) is 14.2 Å². The lowest BCUT2D eigenvalue weighted by Crippen LogP contribution is -2.50. The van der Waals surface area contributed by atoms with Crippen molar-refractivity contribution in [3.05, 3.63) is 0 Å². The van der Waals surface area contributed by atoms with Crippen LogP contribution in [0, 0.1) is 10.8 Å². The molecule has 2 atom stereocenters. The van der Waals surface area contributed by atoms with E-state index in [9.17, 15) is 9.59 Å². The van der Waals surface area contributed by atoms with Gasteiger partial charge in [0.25, 0.3) is 0 Å². The van der Waals surface area contributed by atoms with Gasteiger partial charge in [0.15, 0.2) is 0 Å². The average Bonchev–Trinajstić information content (AvgIpc) is 2.37. The van der Waals surface area contributed by atoms with E-state index in [1.807, 2.05) is 6.92 Å². The Bertz CT molecular complexity index is 327. The Morgan fingerprint density at radius 1 is 1.22 bits per heavy atom. The summed E-state index contributed by atoms with van der Waals surface area (Å²) in [6.45, 7) is 6.35. The van der Waals surface area contributed by atoms with Gasteiger partial charge in [0.1, 0.15) is 0 Å². The lowest BCUT2D eigenvalue weighted by atomic mass is 9.69. The summed E-state index contributed by atoms with van der Waals surface area (Å²) >= 11 is 0. The SMILES string of the molecule is CCOC(=O)C1(CC)COCC(C)(C(=O)OC)C1. The van der Waals surface area contributed by atoms with E-state index in [2.05, 4.69) is 0 Å². The number of carbonyl (C=O) groups is 2. The van der Waals surface area contributed by atoms with Gasteiger partial charge in [-0.3, -0.25) is 9.59 Å². The zero-order valence-corrected chi connectivity index (χ0v) is 11.6. The molecule has 2 unspecified atom stereocenters. The molecule has 104 valence electrons. The Morgan fingerprint density at radius 3 is 2.39 bits per heavy atom. The second-order valence-corrected chi connectivity index (χ2v) is 5.08. The van der Waals surface area contributed by atoms with Crippen molar-refractivity contribution in [1.82, 2.24) is 0 Å². The van der Waals surface area contributed by atoms with Crippen molar-refractivity contribution < 1.29 is 23.8 Å². The Labute approximate surface area is 108 Å². The molecule has 0 amide bonds. The van der Waals surface area contributed by atoms with Gasteiger partial charge in [0.05, 0.1) is 37.8 Å². The summed E-state index contributed by atoms with van der Waals surface area (Å²) in [7, 11) is 1.35. The van der Waals surface area contributed by atoms with Crippen molar-refractivity contribution >= 4 is 11.9 Å². The van der Waals surface area contributed by atoms with Crippen LogP contribution in [-0.4, -0.2) is 38.9 Å². The van der Waals surface area contributed by atoms with Crippen LogP contribution < -0.4 is 0 Å². The summed E-state index contributed by atoms with van der Waals surface area (Å²) in [6.07, 6.45) is 0.987. The molecule has 0 bridgehead atoms. The molecule has 5 heteroatoms. The van der Waals surface area contributed by atoms with Gasteiger partial charge in [-0.05, 0) is 26.7 Å². The highest BCUT2D eigenvalue weighted by atomic mass is 16.5. The van der Waals surface area contributed by atoms with Crippen LogP contribution in [0.25, 0.3) is 0 Å². The molecule has 0 spiro atoms. The molecule has 1 aliphatic rings. The zero-order valence-electron chi connectivity index (χ0n) is 11.6. The number of carbonyl (C=O) groups excluding carboxylic acids is 2. The van der Waals surface area contributed by atoms with E-state index in [0.717, 1.165) is 0 Å². The molecule has 1 fully saturated rings. The molecule has 1 rings (SSSR count). The van der Waals surface area contributed by atoms with Crippen molar-refractivity contribution in [2.75, 3.05) is 26.9 Å². The van der Waals surface area contributed by atoms with Crippen LogP contribution in [0.15, 0.2) is 0 Å². The van der Waals surface area contributed by atoms with Crippen LogP contribution in [0.5, 0.6) is 0 Å². The summed E-state index contributed by atoms with van der Waals surface area (Å²) in [5.41, 5.74) is -1.52. The molecular formula is C13H22O5. The van der Waals surface area contributed by atoms with Gasteiger partial charge in [-0.15, -0.1) is 0 Å². The normalized spacial score (nSPS) is 31.8. The monoisotopic (exact) mass is 258 g/mol. The first kappa shape index (κ1) is 15.0. The number of methoxy groups -OCH3 is 1. The third-order valence-electron chi connectivity index (χ3n) is 3.59. The highest BCUT2D eigenvalue weighted by Gasteiger charge is 2.51. The first-order valence-electron chi connectivity index (χ1n) is 6.27. The summed E-state index contributed by atoms with van der Waals surface area (Å²) in [6, 6.07) is 0. The summed E-state index contributed by atoms with van der Waals surface area (Å²) in [5, 5.41) is 0. The molecule has 1 aliphatic heterocycles. The number of hydrogen-bond donors (Lipinski definition) is 0. The minimum Gasteiger partial charge on any atom is -0.469 e. The molecule has 0 aromatic heterocycles. The summed E-state index contributed by atoms with van der Waals surface area (Å²) < 4.78 is 15.4. The van der Waals surface area contributed by atoms with E-state index in [0.29, 0.717) is 26.1 Å². The molecule has 1 heterocycles. The van der Waals surface area contributed by atoms with Crippen molar-refractivity contribution in [2.45, 2.75) is 33.6 Å². The highest BCUT2D eigenvalue weighted by Crippen LogP contribution is 2.43. The fourth-order valence-electron chi connectivity index (χ4n) is 2.48. The summed E-state index contributed by atoms with van der Waals surface area (Å²) in [5.74, 6) is -0.633. The topological polar surface area (TPSA) is 61.8 Å². The van der Waals surface area contributed by atoms with Crippen LogP contribution in [0.2, 0.25) is 0 Å². The number of ether oxygens (including phenoxy) is 3. The number of rotatable bonds is 4. The number of esters is 2. The van der Waals surface area contributed by atoms with Crippen LogP contribution >= 0.6 is 0 Å². The Hall–Kier alpha value is -1.10. The van der Waals surface area contributed by atoms with Crippen LogP contribution in [0.3, 0.4) is 0 Å². The van der Waals surface area contributed by atoms with Gasteiger partial charge in [-0.2, -0.15) is 0 Å². The van der Waals surface area contributed by atoms with Crippen molar-refractivity contribution in [1.29, 1.82) is 0 Å². The van der Waals surface area contributed by atoms with Gasteiger partial charge in [-0.25, -0.2) is 0 Å². The third kappa shape index (κ3) is 2.66. The van der Waals surface area contributed by atoms with Crippen molar-refractivity contribution in [3.63, 3.8) is 0 Å². The van der Waals surface area contributed by atoms with E-state index >= 15 is 0 Å². The quantitative estimate of drug-likeness (QED) is 0.716. The van der Waals surface area contributed by atoms with Crippen LogP contribution in [0.1, 0.15) is 33.6 Å². The van der Waals surface area contributed by atoms with E-state index in [1.54, 1.807) is 13.8 Å². The predicted octanol–water partition coefficient (Wildman–Crippen LogP) is 1.55.